The second kappa shape index (κ2) is 6.25. The molecule has 1 unspecified atom stereocenters. The first-order chi connectivity index (χ1) is 8.16. The average molecular weight is 275 g/mol. The fraction of sp³-hybridized carbons (Fsp3) is 0.929. The van der Waals surface area contributed by atoms with Crippen molar-refractivity contribution in [2.45, 2.75) is 64.3 Å². The Kier molecular flexibility index (Phi) is 5.47. The molecule has 1 amide bonds. The molecule has 1 heterocycles. The van der Waals surface area contributed by atoms with E-state index in [4.69, 9.17) is 0 Å². The zero-order valence-electron chi connectivity index (χ0n) is 11.7. The minimum atomic E-state index is -0.262. The number of hydrogen-bond acceptors (Lipinski definition) is 2. The summed E-state index contributed by atoms with van der Waals surface area (Å²) in [7, 11) is 0. The van der Waals surface area contributed by atoms with Crippen LogP contribution in [0.15, 0.2) is 0 Å². The molecule has 106 valence electrons. The lowest BCUT2D eigenvalue weighted by molar-refractivity contribution is -0.127. The van der Waals surface area contributed by atoms with Gasteiger partial charge in [0.25, 0.3) is 0 Å². The van der Waals surface area contributed by atoms with Crippen LogP contribution in [0.4, 0.5) is 0 Å². The topological polar surface area (TPSA) is 41.1 Å². The van der Waals surface area contributed by atoms with Crippen molar-refractivity contribution in [2.24, 2.45) is 5.41 Å². The van der Waals surface area contributed by atoms with E-state index in [1.165, 1.54) is 25.7 Å². The van der Waals surface area contributed by atoms with Crippen LogP contribution in [0.25, 0.3) is 0 Å². The molecule has 4 heteroatoms. The van der Waals surface area contributed by atoms with Crippen molar-refractivity contribution in [2.75, 3.05) is 13.1 Å². The minimum Gasteiger partial charge on any atom is -0.354 e. The normalized spacial score (nSPS) is 28.6. The largest absolute Gasteiger partial charge is 0.354 e. The molecular weight excluding hydrogens is 248 g/mol. The summed E-state index contributed by atoms with van der Waals surface area (Å²) < 4.78 is 0. The first-order valence-corrected chi connectivity index (χ1v) is 7.20. The van der Waals surface area contributed by atoms with Crippen molar-refractivity contribution < 1.29 is 4.79 Å². The van der Waals surface area contributed by atoms with Gasteiger partial charge in [0.1, 0.15) is 0 Å². The standard InChI is InChI=1S/C14H26N2O.ClH/c1-3-6-13(8-9-13)11-15-12(17)14(4-2)7-5-10-16-14;/h16H,3-11H2,1-2H3,(H,15,17);1H. The van der Waals surface area contributed by atoms with E-state index in [0.717, 1.165) is 32.4 Å². The number of carbonyl (C=O) groups is 1. The van der Waals surface area contributed by atoms with Crippen LogP contribution in [0.2, 0.25) is 0 Å². The van der Waals surface area contributed by atoms with Crippen molar-refractivity contribution in [3.05, 3.63) is 0 Å². The maximum absolute atomic E-state index is 12.3. The quantitative estimate of drug-likeness (QED) is 0.782. The van der Waals surface area contributed by atoms with Gasteiger partial charge in [0.05, 0.1) is 5.54 Å². The highest BCUT2D eigenvalue weighted by Gasteiger charge is 2.44. The summed E-state index contributed by atoms with van der Waals surface area (Å²) in [6, 6.07) is 0. The van der Waals surface area contributed by atoms with Crippen molar-refractivity contribution in [3.63, 3.8) is 0 Å². The maximum atomic E-state index is 12.3. The SMILES string of the molecule is CCCC1(CNC(=O)C2(CC)CCCN2)CC1.Cl. The molecule has 18 heavy (non-hydrogen) atoms. The van der Waals surface area contributed by atoms with Gasteiger partial charge in [0.15, 0.2) is 0 Å². The van der Waals surface area contributed by atoms with E-state index in [9.17, 15) is 4.79 Å². The maximum Gasteiger partial charge on any atom is 0.240 e. The van der Waals surface area contributed by atoms with E-state index in [1.807, 2.05) is 0 Å². The Balaban J connectivity index is 0.00000162. The van der Waals surface area contributed by atoms with Gasteiger partial charge in [-0.25, -0.2) is 0 Å². The lowest BCUT2D eigenvalue weighted by atomic mass is 9.92. The third-order valence-corrected chi connectivity index (χ3v) is 4.64. The Morgan fingerprint density at radius 2 is 2.00 bits per heavy atom. The summed E-state index contributed by atoms with van der Waals surface area (Å²) in [5.41, 5.74) is 0.195. The van der Waals surface area contributed by atoms with Crippen LogP contribution >= 0.6 is 12.4 Å². The second-order valence-corrected chi connectivity index (χ2v) is 5.90. The van der Waals surface area contributed by atoms with E-state index in [0.29, 0.717) is 5.41 Å². The number of nitrogens with one attached hydrogen (secondary N) is 2. The van der Waals surface area contributed by atoms with Crippen molar-refractivity contribution in [3.8, 4) is 0 Å². The van der Waals surface area contributed by atoms with Crippen molar-refractivity contribution in [1.29, 1.82) is 0 Å². The predicted octanol–water partition coefficient (Wildman–Crippen LogP) is 2.64. The summed E-state index contributed by atoms with van der Waals surface area (Å²) in [4.78, 5) is 12.3. The third-order valence-electron chi connectivity index (χ3n) is 4.64. The molecule has 2 fully saturated rings. The Labute approximate surface area is 117 Å². The molecule has 3 nitrogen and oxygen atoms in total. The van der Waals surface area contributed by atoms with Crippen LogP contribution in [0.5, 0.6) is 0 Å². The zero-order chi connectivity index (χ0) is 12.4. The number of hydrogen-bond donors (Lipinski definition) is 2. The van der Waals surface area contributed by atoms with Gasteiger partial charge in [-0.3, -0.25) is 4.79 Å². The minimum absolute atomic E-state index is 0. The van der Waals surface area contributed by atoms with E-state index >= 15 is 0 Å². The van der Waals surface area contributed by atoms with E-state index in [2.05, 4.69) is 24.5 Å². The van der Waals surface area contributed by atoms with Crippen molar-refractivity contribution >= 4 is 18.3 Å². The highest BCUT2D eigenvalue weighted by atomic mass is 35.5. The molecule has 1 saturated heterocycles. The molecule has 1 atom stereocenters. The van der Waals surface area contributed by atoms with Gasteiger partial charge in [-0.15, -0.1) is 12.4 Å². The van der Waals surface area contributed by atoms with Crippen LogP contribution < -0.4 is 10.6 Å². The first-order valence-electron chi connectivity index (χ1n) is 7.20. The molecule has 0 radical (unpaired) electrons. The molecule has 1 saturated carbocycles. The lowest BCUT2D eigenvalue weighted by Crippen LogP contribution is -2.54. The number of carbonyl (C=O) groups excluding carboxylic acids is 1. The Morgan fingerprint density at radius 1 is 1.28 bits per heavy atom. The molecule has 2 N–H and O–H groups in total. The number of halogens is 1. The summed E-state index contributed by atoms with van der Waals surface area (Å²) in [6.45, 7) is 6.22. The zero-order valence-corrected chi connectivity index (χ0v) is 12.5. The molecular formula is C14H27ClN2O. The molecule has 2 rings (SSSR count). The molecule has 2 aliphatic rings. The van der Waals surface area contributed by atoms with E-state index in [-0.39, 0.29) is 23.9 Å². The summed E-state index contributed by atoms with van der Waals surface area (Å²) in [5.74, 6) is 0.236. The highest BCUT2D eigenvalue weighted by Crippen LogP contribution is 2.49. The molecule has 0 aromatic carbocycles. The molecule has 0 aromatic heterocycles. The fourth-order valence-electron chi connectivity index (χ4n) is 3.12. The van der Waals surface area contributed by atoms with Gasteiger partial charge in [0.2, 0.25) is 5.91 Å². The van der Waals surface area contributed by atoms with Crippen LogP contribution in [0.1, 0.15) is 58.8 Å². The summed E-state index contributed by atoms with van der Waals surface area (Å²) in [5, 5.41) is 6.60. The Bertz CT molecular complexity index is 284. The summed E-state index contributed by atoms with van der Waals surface area (Å²) in [6.07, 6.45) is 8.12. The first kappa shape index (κ1) is 15.8. The molecule has 0 bridgehead atoms. The van der Waals surface area contributed by atoms with E-state index in [1.54, 1.807) is 0 Å². The Hall–Kier alpha value is -0.280. The molecule has 0 spiro atoms. The van der Waals surface area contributed by atoms with E-state index < -0.39 is 0 Å². The average Bonchev–Trinajstić information content (AvgIpc) is 2.93. The molecule has 1 aliphatic heterocycles. The van der Waals surface area contributed by atoms with Gasteiger partial charge in [-0.2, -0.15) is 0 Å². The summed E-state index contributed by atoms with van der Waals surface area (Å²) >= 11 is 0. The number of amides is 1. The Morgan fingerprint density at radius 3 is 2.44 bits per heavy atom. The number of rotatable bonds is 6. The highest BCUT2D eigenvalue weighted by molar-refractivity contribution is 5.86. The lowest BCUT2D eigenvalue weighted by Gasteiger charge is -2.28. The predicted molar refractivity (Wildman–Crippen MR) is 77.1 cm³/mol. The van der Waals surface area contributed by atoms with Crippen LogP contribution in [0.3, 0.4) is 0 Å². The smallest absolute Gasteiger partial charge is 0.240 e. The van der Waals surface area contributed by atoms with Crippen LogP contribution in [-0.2, 0) is 4.79 Å². The monoisotopic (exact) mass is 274 g/mol. The van der Waals surface area contributed by atoms with Gasteiger partial charge in [-0.1, -0.05) is 20.3 Å². The van der Waals surface area contributed by atoms with Gasteiger partial charge in [0, 0.05) is 6.54 Å². The van der Waals surface area contributed by atoms with Crippen LogP contribution in [0, 0.1) is 5.41 Å². The van der Waals surface area contributed by atoms with Gasteiger partial charge >= 0.3 is 0 Å². The third kappa shape index (κ3) is 3.18. The molecule has 0 aromatic rings. The van der Waals surface area contributed by atoms with Crippen LogP contribution in [-0.4, -0.2) is 24.5 Å². The van der Waals surface area contributed by atoms with Gasteiger partial charge in [-0.05, 0) is 50.5 Å². The second-order valence-electron chi connectivity index (χ2n) is 5.90. The fourth-order valence-corrected chi connectivity index (χ4v) is 3.12. The van der Waals surface area contributed by atoms with Crippen molar-refractivity contribution in [1.82, 2.24) is 10.6 Å². The molecule has 1 aliphatic carbocycles. The van der Waals surface area contributed by atoms with Gasteiger partial charge < -0.3 is 10.6 Å².